The first kappa shape index (κ1) is 13.1. The van der Waals surface area contributed by atoms with Crippen molar-refractivity contribution >= 4 is 16.6 Å². The van der Waals surface area contributed by atoms with Crippen LogP contribution in [0.25, 0.3) is 22.2 Å². The molecule has 5 nitrogen and oxygen atoms in total. The maximum Gasteiger partial charge on any atom is 0.282 e. The molecule has 1 N–H and O–H groups in total. The van der Waals surface area contributed by atoms with Crippen molar-refractivity contribution in [2.24, 2.45) is 0 Å². The van der Waals surface area contributed by atoms with Gasteiger partial charge in [0.1, 0.15) is 5.39 Å². The van der Waals surface area contributed by atoms with Crippen LogP contribution in [0, 0.1) is 17.0 Å². The molecule has 1 aromatic heterocycles. The number of non-ortho nitro benzene ring substituents is 1. The standard InChI is InChI=1S/C16H12N2O3/c1-10-7-8-13(18(20)21)15-14(19)9-12(17-16(10)15)11-5-3-2-4-6-11/h2-9H,1H3,(H,17,19). The number of nitrogens with one attached hydrogen (secondary N) is 1. The number of hydrogen-bond donors (Lipinski definition) is 1. The van der Waals surface area contributed by atoms with Crippen molar-refractivity contribution in [1.29, 1.82) is 0 Å². The van der Waals surface area contributed by atoms with Gasteiger partial charge < -0.3 is 4.98 Å². The van der Waals surface area contributed by atoms with Gasteiger partial charge in [-0.1, -0.05) is 36.4 Å². The van der Waals surface area contributed by atoms with Crippen LogP contribution in [0.2, 0.25) is 0 Å². The monoisotopic (exact) mass is 280 g/mol. The first-order valence-corrected chi connectivity index (χ1v) is 6.44. The highest BCUT2D eigenvalue weighted by Crippen LogP contribution is 2.26. The van der Waals surface area contributed by atoms with Gasteiger partial charge in [0.05, 0.1) is 10.4 Å². The van der Waals surface area contributed by atoms with E-state index in [-0.39, 0.29) is 16.5 Å². The Morgan fingerprint density at radius 2 is 1.81 bits per heavy atom. The lowest BCUT2D eigenvalue weighted by Gasteiger charge is -2.07. The van der Waals surface area contributed by atoms with Crippen molar-refractivity contribution in [2.75, 3.05) is 0 Å². The molecule has 0 aliphatic carbocycles. The van der Waals surface area contributed by atoms with Crippen LogP contribution in [0.5, 0.6) is 0 Å². The summed E-state index contributed by atoms with van der Waals surface area (Å²) in [6.07, 6.45) is 0. The fraction of sp³-hybridized carbons (Fsp3) is 0.0625. The topological polar surface area (TPSA) is 76.0 Å². The average molecular weight is 280 g/mol. The highest BCUT2D eigenvalue weighted by molar-refractivity contribution is 5.91. The van der Waals surface area contributed by atoms with Gasteiger partial charge >= 0.3 is 0 Å². The lowest BCUT2D eigenvalue weighted by molar-refractivity contribution is -0.383. The molecule has 0 aliphatic rings. The number of nitro benzene ring substituents is 1. The normalized spacial score (nSPS) is 10.7. The van der Waals surface area contributed by atoms with Crippen molar-refractivity contribution in [3.8, 4) is 11.3 Å². The molecule has 104 valence electrons. The molecule has 3 aromatic rings. The summed E-state index contributed by atoms with van der Waals surface area (Å²) in [4.78, 5) is 26.0. The highest BCUT2D eigenvalue weighted by atomic mass is 16.6. The molecule has 3 rings (SSSR count). The van der Waals surface area contributed by atoms with E-state index in [2.05, 4.69) is 4.98 Å². The Hall–Kier alpha value is -2.95. The van der Waals surface area contributed by atoms with Gasteiger partial charge in [-0.05, 0) is 18.1 Å². The molecule has 2 aromatic carbocycles. The van der Waals surface area contributed by atoms with Crippen molar-refractivity contribution in [2.45, 2.75) is 6.92 Å². The van der Waals surface area contributed by atoms with Crippen LogP contribution in [0.3, 0.4) is 0 Å². The Balaban J connectivity index is 2.38. The highest BCUT2D eigenvalue weighted by Gasteiger charge is 2.17. The predicted molar refractivity (Wildman–Crippen MR) is 81.4 cm³/mol. The minimum absolute atomic E-state index is 0.125. The van der Waals surface area contributed by atoms with Crippen molar-refractivity contribution < 1.29 is 4.92 Å². The molecule has 0 radical (unpaired) electrons. The van der Waals surface area contributed by atoms with E-state index in [0.29, 0.717) is 11.2 Å². The third kappa shape index (κ3) is 2.18. The van der Waals surface area contributed by atoms with E-state index < -0.39 is 4.92 Å². The van der Waals surface area contributed by atoms with Gasteiger partial charge in [0, 0.05) is 17.8 Å². The first-order chi connectivity index (χ1) is 10.1. The van der Waals surface area contributed by atoms with Crippen LogP contribution in [0.1, 0.15) is 5.56 Å². The molecule has 5 heteroatoms. The lowest BCUT2D eigenvalue weighted by Crippen LogP contribution is -2.07. The molecule has 0 fully saturated rings. The number of nitro groups is 1. The molecule has 0 unspecified atom stereocenters. The summed E-state index contributed by atoms with van der Waals surface area (Å²) in [7, 11) is 0. The summed E-state index contributed by atoms with van der Waals surface area (Å²) < 4.78 is 0. The summed E-state index contributed by atoms with van der Waals surface area (Å²) in [5.41, 5.74) is 2.30. The summed E-state index contributed by atoms with van der Waals surface area (Å²) in [5, 5.41) is 11.2. The number of aromatic amines is 1. The van der Waals surface area contributed by atoms with E-state index in [0.717, 1.165) is 11.1 Å². The van der Waals surface area contributed by atoms with Gasteiger partial charge in [-0.15, -0.1) is 0 Å². The van der Waals surface area contributed by atoms with Gasteiger partial charge in [-0.25, -0.2) is 0 Å². The second-order valence-corrected chi connectivity index (χ2v) is 4.82. The number of benzene rings is 2. The summed E-state index contributed by atoms with van der Waals surface area (Å²) in [5.74, 6) is 0. The molecule has 0 amide bonds. The van der Waals surface area contributed by atoms with Crippen LogP contribution >= 0.6 is 0 Å². The summed E-state index contributed by atoms with van der Waals surface area (Å²) in [6.45, 7) is 1.82. The molecule has 21 heavy (non-hydrogen) atoms. The van der Waals surface area contributed by atoms with E-state index in [1.807, 2.05) is 37.3 Å². The van der Waals surface area contributed by atoms with E-state index >= 15 is 0 Å². The number of aryl methyl sites for hydroxylation is 1. The van der Waals surface area contributed by atoms with Gasteiger partial charge in [0.15, 0.2) is 5.43 Å². The number of H-pyrrole nitrogens is 1. The predicted octanol–water partition coefficient (Wildman–Crippen LogP) is 3.41. The quantitative estimate of drug-likeness (QED) is 0.577. The third-order valence-electron chi connectivity index (χ3n) is 3.45. The lowest BCUT2D eigenvalue weighted by atomic mass is 10.1. The van der Waals surface area contributed by atoms with Gasteiger partial charge in [0.2, 0.25) is 0 Å². The van der Waals surface area contributed by atoms with Crippen LogP contribution in [0.15, 0.2) is 53.3 Å². The van der Waals surface area contributed by atoms with E-state index in [4.69, 9.17) is 0 Å². The largest absolute Gasteiger partial charge is 0.354 e. The molecule has 0 saturated heterocycles. The molecule has 0 saturated carbocycles. The van der Waals surface area contributed by atoms with Crippen LogP contribution in [0.4, 0.5) is 5.69 Å². The van der Waals surface area contributed by atoms with Crippen molar-refractivity contribution in [3.63, 3.8) is 0 Å². The minimum atomic E-state index is -0.529. The molecular formula is C16H12N2O3. The number of hydrogen-bond acceptors (Lipinski definition) is 3. The smallest absolute Gasteiger partial charge is 0.282 e. The fourth-order valence-corrected chi connectivity index (χ4v) is 2.41. The molecule has 0 aliphatic heterocycles. The van der Waals surface area contributed by atoms with Crippen molar-refractivity contribution in [1.82, 2.24) is 4.98 Å². The number of pyridine rings is 1. The van der Waals surface area contributed by atoms with Crippen LogP contribution in [-0.2, 0) is 0 Å². The van der Waals surface area contributed by atoms with E-state index in [9.17, 15) is 14.9 Å². The number of fused-ring (bicyclic) bond motifs is 1. The number of rotatable bonds is 2. The zero-order valence-electron chi connectivity index (χ0n) is 11.3. The molecule has 0 bridgehead atoms. The Bertz CT molecular complexity index is 899. The fourth-order valence-electron chi connectivity index (χ4n) is 2.41. The minimum Gasteiger partial charge on any atom is -0.354 e. The molecule has 1 heterocycles. The molecule has 0 spiro atoms. The number of nitrogens with zero attached hydrogens (tertiary/aromatic N) is 1. The van der Waals surface area contributed by atoms with Crippen LogP contribution < -0.4 is 5.43 Å². The van der Waals surface area contributed by atoms with E-state index in [1.54, 1.807) is 6.07 Å². The maximum atomic E-state index is 12.3. The zero-order chi connectivity index (χ0) is 15.0. The van der Waals surface area contributed by atoms with Gasteiger partial charge in [-0.2, -0.15) is 0 Å². The Labute approximate surface area is 120 Å². The maximum absolute atomic E-state index is 12.3. The van der Waals surface area contributed by atoms with Crippen LogP contribution in [-0.4, -0.2) is 9.91 Å². The Morgan fingerprint density at radius 1 is 1.10 bits per heavy atom. The average Bonchev–Trinajstić information content (AvgIpc) is 2.48. The number of aromatic nitrogens is 1. The summed E-state index contributed by atoms with van der Waals surface area (Å²) in [6, 6.07) is 13.8. The first-order valence-electron chi connectivity index (χ1n) is 6.44. The van der Waals surface area contributed by atoms with Gasteiger partial charge in [0.25, 0.3) is 5.69 Å². The molecular weight excluding hydrogens is 268 g/mol. The second kappa shape index (κ2) is 4.86. The zero-order valence-corrected chi connectivity index (χ0v) is 11.3. The van der Waals surface area contributed by atoms with E-state index in [1.165, 1.54) is 12.1 Å². The summed E-state index contributed by atoms with van der Waals surface area (Å²) >= 11 is 0. The van der Waals surface area contributed by atoms with Gasteiger partial charge in [-0.3, -0.25) is 14.9 Å². The SMILES string of the molecule is Cc1ccc([N+](=O)[O-])c2c(=O)cc(-c3ccccc3)[nH]c12. The van der Waals surface area contributed by atoms with Crippen molar-refractivity contribution in [3.05, 3.63) is 74.4 Å². The second-order valence-electron chi connectivity index (χ2n) is 4.82. The molecule has 0 atom stereocenters. The Kier molecular flexibility index (Phi) is 3.02. The third-order valence-corrected chi connectivity index (χ3v) is 3.45. The Morgan fingerprint density at radius 3 is 2.48 bits per heavy atom.